The van der Waals surface area contributed by atoms with E-state index in [9.17, 15) is 14.0 Å². The molecule has 30 heavy (non-hydrogen) atoms. The van der Waals surface area contributed by atoms with Gasteiger partial charge in [-0.3, -0.25) is 14.7 Å². The third-order valence-corrected chi connectivity index (χ3v) is 5.41. The summed E-state index contributed by atoms with van der Waals surface area (Å²) in [5.74, 6) is -1.27. The number of piperazine rings is 1. The molecule has 0 atom stereocenters. The number of hydrogen-bond donors (Lipinski definition) is 1. The molecule has 1 N–H and O–H groups in total. The van der Waals surface area contributed by atoms with Crippen molar-refractivity contribution in [3.8, 4) is 11.3 Å². The Kier molecular flexibility index (Phi) is 5.74. The van der Waals surface area contributed by atoms with E-state index >= 15 is 0 Å². The zero-order valence-electron chi connectivity index (χ0n) is 15.7. The average Bonchev–Trinajstić information content (AvgIpc) is 3.25. The SMILES string of the molecule is O=C(c1cc(-c2cccc(Cl)c2)n[nH]1)N1CCN(C(=O)c2cc(Cl)ccc2F)CC1. The Bertz CT molecular complexity index is 1110. The molecule has 2 heterocycles. The fourth-order valence-corrected chi connectivity index (χ4v) is 3.70. The van der Waals surface area contributed by atoms with Crippen molar-refractivity contribution in [1.82, 2.24) is 20.0 Å². The van der Waals surface area contributed by atoms with Gasteiger partial charge in [0, 0.05) is 41.8 Å². The van der Waals surface area contributed by atoms with Crippen molar-refractivity contribution < 1.29 is 14.0 Å². The minimum Gasteiger partial charge on any atom is -0.335 e. The van der Waals surface area contributed by atoms with Gasteiger partial charge >= 0.3 is 0 Å². The molecule has 1 aromatic heterocycles. The van der Waals surface area contributed by atoms with Crippen LogP contribution in [0, 0.1) is 5.82 Å². The van der Waals surface area contributed by atoms with Crippen LogP contribution in [0.2, 0.25) is 10.0 Å². The zero-order chi connectivity index (χ0) is 21.3. The van der Waals surface area contributed by atoms with Crippen LogP contribution in [0.3, 0.4) is 0 Å². The minimum atomic E-state index is -0.617. The summed E-state index contributed by atoms with van der Waals surface area (Å²) in [6, 6.07) is 12.8. The van der Waals surface area contributed by atoms with Crippen molar-refractivity contribution >= 4 is 35.0 Å². The van der Waals surface area contributed by atoms with E-state index in [-0.39, 0.29) is 11.5 Å². The van der Waals surface area contributed by atoms with E-state index < -0.39 is 11.7 Å². The minimum absolute atomic E-state index is 0.0676. The summed E-state index contributed by atoms with van der Waals surface area (Å²) >= 11 is 11.9. The van der Waals surface area contributed by atoms with E-state index in [4.69, 9.17) is 23.2 Å². The van der Waals surface area contributed by atoms with Crippen LogP contribution in [0.25, 0.3) is 11.3 Å². The number of aromatic amines is 1. The molecule has 154 valence electrons. The molecule has 1 aliphatic heterocycles. The topological polar surface area (TPSA) is 69.3 Å². The Balaban J connectivity index is 1.41. The van der Waals surface area contributed by atoms with Crippen LogP contribution >= 0.6 is 23.2 Å². The van der Waals surface area contributed by atoms with Crippen molar-refractivity contribution in [3.63, 3.8) is 0 Å². The van der Waals surface area contributed by atoms with Crippen molar-refractivity contribution in [3.05, 3.63) is 75.7 Å². The molecule has 0 aliphatic carbocycles. The maximum absolute atomic E-state index is 14.0. The number of carbonyl (C=O) groups is 2. The number of rotatable bonds is 3. The third kappa shape index (κ3) is 4.17. The summed E-state index contributed by atoms with van der Waals surface area (Å²) in [4.78, 5) is 28.6. The highest BCUT2D eigenvalue weighted by Gasteiger charge is 2.27. The Morgan fingerprint density at radius 2 is 1.57 bits per heavy atom. The normalized spacial score (nSPS) is 14.1. The van der Waals surface area contributed by atoms with Crippen molar-refractivity contribution in [2.45, 2.75) is 0 Å². The van der Waals surface area contributed by atoms with Crippen molar-refractivity contribution in [2.75, 3.05) is 26.2 Å². The van der Waals surface area contributed by atoms with Gasteiger partial charge in [0.25, 0.3) is 11.8 Å². The quantitative estimate of drug-likeness (QED) is 0.657. The van der Waals surface area contributed by atoms with Crippen LogP contribution in [0.1, 0.15) is 20.8 Å². The third-order valence-electron chi connectivity index (χ3n) is 4.94. The van der Waals surface area contributed by atoms with Gasteiger partial charge in [-0.05, 0) is 36.4 Å². The van der Waals surface area contributed by atoms with Gasteiger partial charge in [-0.15, -0.1) is 0 Å². The highest BCUT2D eigenvalue weighted by molar-refractivity contribution is 6.31. The highest BCUT2D eigenvalue weighted by Crippen LogP contribution is 2.22. The van der Waals surface area contributed by atoms with Gasteiger partial charge in [0.05, 0.1) is 11.3 Å². The number of aromatic nitrogens is 2. The number of hydrogen-bond acceptors (Lipinski definition) is 3. The molecule has 0 bridgehead atoms. The first-order valence-electron chi connectivity index (χ1n) is 9.27. The summed E-state index contributed by atoms with van der Waals surface area (Å²) in [5.41, 5.74) is 1.70. The van der Waals surface area contributed by atoms with E-state index in [0.717, 1.165) is 5.56 Å². The maximum Gasteiger partial charge on any atom is 0.272 e. The fourth-order valence-electron chi connectivity index (χ4n) is 3.34. The summed E-state index contributed by atoms with van der Waals surface area (Å²) in [7, 11) is 0. The van der Waals surface area contributed by atoms with Crippen LogP contribution in [0.15, 0.2) is 48.5 Å². The number of halogens is 3. The smallest absolute Gasteiger partial charge is 0.272 e. The Labute approximate surface area is 182 Å². The Morgan fingerprint density at radius 3 is 2.27 bits per heavy atom. The molecule has 9 heteroatoms. The molecule has 0 saturated carbocycles. The number of nitrogens with one attached hydrogen (secondary N) is 1. The molecule has 1 fully saturated rings. The van der Waals surface area contributed by atoms with E-state index in [1.165, 1.54) is 23.1 Å². The lowest BCUT2D eigenvalue weighted by atomic mass is 10.1. The standard InChI is InChI=1S/C21H17Cl2FN4O2/c22-14-3-1-2-13(10-14)18-12-19(26-25-18)21(30)28-8-6-27(7-9-28)20(29)16-11-15(23)4-5-17(16)24/h1-5,10-12H,6-9H2,(H,25,26). The fraction of sp³-hybridized carbons (Fsp3) is 0.190. The Morgan fingerprint density at radius 1 is 0.900 bits per heavy atom. The number of carbonyl (C=O) groups excluding carboxylic acids is 2. The van der Waals surface area contributed by atoms with Crippen molar-refractivity contribution in [1.29, 1.82) is 0 Å². The molecule has 0 radical (unpaired) electrons. The first-order chi connectivity index (χ1) is 14.4. The molecular formula is C21H17Cl2FN4O2. The second kappa shape index (κ2) is 8.45. The van der Waals surface area contributed by atoms with E-state index in [0.29, 0.717) is 47.6 Å². The molecule has 6 nitrogen and oxygen atoms in total. The molecule has 0 unspecified atom stereocenters. The monoisotopic (exact) mass is 446 g/mol. The van der Waals surface area contributed by atoms with E-state index in [2.05, 4.69) is 10.2 Å². The first-order valence-corrected chi connectivity index (χ1v) is 10.0. The van der Waals surface area contributed by atoms with Gasteiger partial charge in [0.15, 0.2) is 0 Å². The van der Waals surface area contributed by atoms with Crippen LogP contribution < -0.4 is 0 Å². The molecule has 3 aromatic rings. The van der Waals surface area contributed by atoms with Crippen LogP contribution in [-0.4, -0.2) is 58.0 Å². The largest absolute Gasteiger partial charge is 0.335 e. The summed E-state index contributed by atoms with van der Waals surface area (Å²) in [6.07, 6.45) is 0. The molecule has 2 aromatic carbocycles. The van der Waals surface area contributed by atoms with Crippen molar-refractivity contribution in [2.24, 2.45) is 0 Å². The van der Waals surface area contributed by atoms with Crippen LogP contribution in [0.4, 0.5) is 4.39 Å². The number of amides is 2. The lowest BCUT2D eigenvalue weighted by Crippen LogP contribution is -2.50. The molecule has 4 rings (SSSR count). The van der Waals surface area contributed by atoms with Crippen LogP contribution in [-0.2, 0) is 0 Å². The zero-order valence-corrected chi connectivity index (χ0v) is 17.3. The molecule has 1 saturated heterocycles. The van der Waals surface area contributed by atoms with Gasteiger partial charge in [0.1, 0.15) is 11.5 Å². The number of benzene rings is 2. The summed E-state index contributed by atoms with van der Waals surface area (Å²) in [5, 5.41) is 7.84. The maximum atomic E-state index is 14.0. The average molecular weight is 447 g/mol. The molecule has 2 amide bonds. The second-order valence-corrected chi connectivity index (χ2v) is 7.76. The Hall–Kier alpha value is -2.90. The second-order valence-electron chi connectivity index (χ2n) is 6.89. The molecular weight excluding hydrogens is 430 g/mol. The van der Waals surface area contributed by atoms with Gasteiger partial charge in [-0.1, -0.05) is 35.3 Å². The predicted octanol–water partition coefficient (Wildman–Crippen LogP) is 4.12. The van der Waals surface area contributed by atoms with Gasteiger partial charge in [-0.25, -0.2) is 4.39 Å². The number of nitrogens with zero attached hydrogens (tertiary/aromatic N) is 3. The summed E-state index contributed by atoms with van der Waals surface area (Å²) in [6.45, 7) is 1.26. The number of H-pyrrole nitrogens is 1. The van der Waals surface area contributed by atoms with Gasteiger partial charge in [0.2, 0.25) is 0 Å². The lowest BCUT2D eigenvalue weighted by Gasteiger charge is -2.34. The first kappa shape index (κ1) is 20.4. The lowest BCUT2D eigenvalue weighted by molar-refractivity contribution is 0.0529. The molecule has 0 spiro atoms. The van der Waals surface area contributed by atoms with E-state index in [1.54, 1.807) is 23.1 Å². The van der Waals surface area contributed by atoms with Crippen LogP contribution in [0.5, 0.6) is 0 Å². The summed E-state index contributed by atoms with van der Waals surface area (Å²) < 4.78 is 14.0. The predicted molar refractivity (Wildman–Crippen MR) is 112 cm³/mol. The van der Waals surface area contributed by atoms with Gasteiger partial charge < -0.3 is 9.80 Å². The molecule has 1 aliphatic rings. The van der Waals surface area contributed by atoms with Gasteiger partial charge in [-0.2, -0.15) is 5.10 Å². The highest BCUT2D eigenvalue weighted by atomic mass is 35.5. The van der Waals surface area contributed by atoms with E-state index in [1.807, 2.05) is 12.1 Å².